The molecule has 0 saturated carbocycles. The lowest BCUT2D eigenvalue weighted by Crippen LogP contribution is -2.24. The number of nitrogens with zero attached hydrogens (tertiary/aromatic N) is 2. The Morgan fingerprint density at radius 3 is 2.70 bits per heavy atom. The highest BCUT2D eigenvalue weighted by Gasteiger charge is 2.14. The third kappa shape index (κ3) is 5.14. The van der Waals surface area contributed by atoms with Gasteiger partial charge in [0.25, 0.3) is 5.69 Å². The number of hydrogen-bond donors (Lipinski definition) is 1. The molecule has 0 aromatic heterocycles. The Morgan fingerprint density at radius 1 is 1.45 bits per heavy atom. The molecular formula is C14H23N3O3. The number of anilines is 1. The van der Waals surface area contributed by atoms with E-state index >= 15 is 0 Å². The highest BCUT2D eigenvalue weighted by molar-refractivity contribution is 5.62. The normalized spacial score (nSPS) is 11.1. The molecule has 1 N–H and O–H groups in total. The number of likely N-dealkylation sites (N-methyl/N-ethyl adjacent to an activating group) is 1. The number of hydrogen-bond acceptors (Lipinski definition) is 5. The number of ether oxygens (including phenoxy) is 1. The van der Waals surface area contributed by atoms with Gasteiger partial charge in [-0.2, -0.15) is 0 Å². The number of nitro groups is 1. The van der Waals surface area contributed by atoms with E-state index in [-0.39, 0.29) is 16.7 Å². The van der Waals surface area contributed by atoms with Gasteiger partial charge in [0.2, 0.25) is 0 Å². The minimum atomic E-state index is -0.364. The first-order chi connectivity index (χ1) is 9.43. The molecule has 0 aliphatic rings. The van der Waals surface area contributed by atoms with Crippen LogP contribution in [0, 0.1) is 10.1 Å². The molecule has 0 bridgehead atoms. The molecule has 0 radical (unpaired) electrons. The van der Waals surface area contributed by atoms with Crippen LogP contribution in [-0.4, -0.2) is 43.2 Å². The molecule has 0 spiro atoms. The van der Waals surface area contributed by atoms with Gasteiger partial charge in [-0.15, -0.1) is 0 Å². The van der Waals surface area contributed by atoms with E-state index in [4.69, 9.17) is 4.74 Å². The minimum absolute atomic E-state index is 0.108. The summed E-state index contributed by atoms with van der Waals surface area (Å²) in [5.41, 5.74) is 1.56. The van der Waals surface area contributed by atoms with Crippen molar-refractivity contribution < 1.29 is 9.66 Å². The molecule has 0 amide bonds. The second kappa shape index (κ2) is 7.81. The van der Waals surface area contributed by atoms with Gasteiger partial charge in [-0.3, -0.25) is 15.0 Å². The molecular weight excluding hydrogens is 258 g/mol. The number of nitrogens with one attached hydrogen (secondary N) is 1. The summed E-state index contributed by atoms with van der Waals surface area (Å²) in [4.78, 5) is 12.7. The van der Waals surface area contributed by atoms with Crippen LogP contribution in [0.5, 0.6) is 0 Å². The Bertz CT molecular complexity index is 449. The smallest absolute Gasteiger partial charge is 0.292 e. The van der Waals surface area contributed by atoms with E-state index in [0.29, 0.717) is 18.8 Å². The largest absolute Gasteiger partial charge is 0.383 e. The second-order valence-electron chi connectivity index (χ2n) is 5.02. The van der Waals surface area contributed by atoms with Gasteiger partial charge in [0.05, 0.1) is 17.6 Å². The van der Waals surface area contributed by atoms with Crippen molar-refractivity contribution in [2.75, 3.05) is 32.6 Å². The SMILES string of the molecule is CNc1ccc(CN(C)CCOC(C)C)cc1[N+](=O)[O-]. The Balaban J connectivity index is 2.63. The molecule has 1 rings (SSSR count). The maximum absolute atomic E-state index is 11.0. The van der Waals surface area contributed by atoms with E-state index < -0.39 is 0 Å². The summed E-state index contributed by atoms with van der Waals surface area (Å²) in [7, 11) is 3.65. The van der Waals surface area contributed by atoms with Crippen LogP contribution < -0.4 is 5.32 Å². The minimum Gasteiger partial charge on any atom is -0.383 e. The van der Waals surface area contributed by atoms with Crippen LogP contribution in [0.4, 0.5) is 11.4 Å². The van der Waals surface area contributed by atoms with Gasteiger partial charge in [0.1, 0.15) is 5.69 Å². The molecule has 0 fully saturated rings. The van der Waals surface area contributed by atoms with Crippen LogP contribution in [0.15, 0.2) is 18.2 Å². The van der Waals surface area contributed by atoms with Crippen LogP contribution in [0.25, 0.3) is 0 Å². The van der Waals surface area contributed by atoms with Gasteiger partial charge in [0.15, 0.2) is 0 Å². The maximum Gasteiger partial charge on any atom is 0.292 e. The zero-order valence-corrected chi connectivity index (χ0v) is 12.5. The van der Waals surface area contributed by atoms with E-state index in [0.717, 1.165) is 12.1 Å². The lowest BCUT2D eigenvalue weighted by Gasteiger charge is -2.18. The van der Waals surface area contributed by atoms with E-state index in [2.05, 4.69) is 10.2 Å². The molecule has 6 heteroatoms. The van der Waals surface area contributed by atoms with E-state index in [9.17, 15) is 10.1 Å². The van der Waals surface area contributed by atoms with Crippen LogP contribution in [0.3, 0.4) is 0 Å². The Hall–Kier alpha value is -1.66. The fraction of sp³-hybridized carbons (Fsp3) is 0.571. The van der Waals surface area contributed by atoms with E-state index in [1.165, 1.54) is 0 Å². The Labute approximate surface area is 119 Å². The zero-order chi connectivity index (χ0) is 15.1. The summed E-state index contributed by atoms with van der Waals surface area (Å²) < 4.78 is 5.49. The van der Waals surface area contributed by atoms with Crippen LogP contribution >= 0.6 is 0 Å². The molecule has 0 aliphatic carbocycles. The number of benzene rings is 1. The molecule has 1 aromatic carbocycles. The molecule has 6 nitrogen and oxygen atoms in total. The third-order valence-electron chi connectivity index (χ3n) is 2.90. The van der Waals surface area contributed by atoms with Gasteiger partial charge in [-0.05, 0) is 32.5 Å². The van der Waals surface area contributed by atoms with Crippen LogP contribution in [0.2, 0.25) is 0 Å². The Kier molecular flexibility index (Phi) is 6.41. The predicted molar refractivity (Wildman–Crippen MR) is 80.1 cm³/mol. The molecule has 1 aromatic rings. The third-order valence-corrected chi connectivity index (χ3v) is 2.90. The highest BCUT2D eigenvalue weighted by Crippen LogP contribution is 2.25. The van der Waals surface area contributed by atoms with Crippen molar-refractivity contribution in [3.8, 4) is 0 Å². The van der Waals surface area contributed by atoms with Crippen molar-refractivity contribution >= 4 is 11.4 Å². The van der Waals surface area contributed by atoms with Crippen molar-refractivity contribution in [3.63, 3.8) is 0 Å². The van der Waals surface area contributed by atoms with Gasteiger partial charge in [-0.25, -0.2) is 0 Å². The summed E-state index contributed by atoms with van der Waals surface area (Å²) >= 11 is 0. The molecule has 20 heavy (non-hydrogen) atoms. The average Bonchev–Trinajstić information content (AvgIpc) is 2.38. The quantitative estimate of drug-likeness (QED) is 0.585. The first kappa shape index (κ1) is 16.4. The van der Waals surface area contributed by atoms with Gasteiger partial charge in [0, 0.05) is 26.2 Å². The van der Waals surface area contributed by atoms with Gasteiger partial charge < -0.3 is 10.1 Å². The van der Waals surface area contributed by atoms with Crippen molar-refractivity contribution in [1.29, 1.82) is 0 Å². The zero-order valence-electron chi connectivity index (χ0n) is 12.5. The van der Waals surface area contributed by atoms with Crippen LogP contribution in [-0.2, 0) is 11.3 Å². The second-order valence-corrected chi connectivity index (χ2v) is 5.02. The topological polar surface area (TPSA) is 67.6 Å². The first-order valence-corrected chi connectivity index (χ1v) is 6.69. The Morgan fingerprint density at radius 2 is 2.15 bits per heavy atom. The summed E-state index contributed by atoms with van der Waals surface area (Å²) in [6.45, 7) is 6.11. The van der Waals surface area contributed by atoms with Crippen molar-refractivity contribution in [2.45, 2.75) is 26.5 Å². The predicted octanol–water partition coefficient (Wildman–Crippen LogP) is 2.49. The van der Waals surface area contributed by atoms with Crippen molar-refractivity contribution in [3.05, 3.63) is 33.9 Å². The van der Waals surface area contributed by atoms with Gasteiger partial charge >= 0.3 is 0 Å². The lowest BCUT2D eigenvalue weighted by molar-refractivity contribution is -0.384. The summed E-state index contributed by atoms with van der Waals surface area (Å²) in [6, 6.07) is 5.26. The van der Waals surface area contributed by atoms with E-state index in [1.807, 2.05) is 27.0 Å². The lowest BCUT2D eigenvalue weighted by atomic mass is 10.1. The standard InChI is InChI=1S/C14H23N3O3/c1-11(2)20-8-7-16(4)10-12-5-6-13(15-3)14(9-12)17(18)19/h5-6,9,11,15H,7-8,10H2,1-4H3. The van der Waals surface area contributed by atoms with Crippen molar-refractivity contribution in [2.24, 2.45) is 0 Å². The summed E-state index contributed by atoms with van der Waals surface area (Å²) in [5.74, 6) is 0. The molecule has 0 aliphatic heterocycles. The number of nitro benzene ring substituents is 1. The average molecular weight is 281 g/mol. The highest BCUT2D eigenvalue weighted by atomic mass is 16.6. The fourth-order valence-corrected chi connectivity index (χ4v) is 1.87. The van der Waals surface area contributed by atoms with Gasteiger partial charge in [-0.1, -0.05) is 6.07 Å². The molecule has 0 saturated heterocycles. The molecule has 112 valence electrons. The first-order valence-electron chi connectivity index (χ1n) is 6.69. The molecule has 0 heterocycles. The van der Waals surface area contributed by atoms with Crippen molar-refractivity contribution in [1.82, 2.24) is 4.90 Å². The number of rotatable bonds is 8. The maximum atomic E-state index is 11.0. The fourth-order valence-electron chi connectivity index (χ4n) is 1.87. The summed E-state index contributed by atoms with van der Waals surface area (Å²) in [5, 5.41) is 13.8. The monoisotopic (exact) mass is 281 g/mol. The molecule has 0 unspecified atom stereocenters. The van der Waals surface area contributed by atoms with Crippen LogP contribution in [0.1, 0.15) is 19.4 Å². The summed E-state index contributed by atoms with van der Waals surface area (Å²) in [6.07, 6.45) is 0.222. The van der Waals surface area contributed by atoms with E-state index in [1.54, 1.807) is 19.2 Å². The molecule has 0 atom stereocenters.